The summed E-state index contributed by atoms with van der Waals surface area (Å²) in [5.41, 5.74) is 0.566. The van der Waals surface area contributed by atoms with Gasteiger partial charge < -0.3 is 15.4 Å². The lowest BCUT2D eigenvalue weighted by Crippen LogP contribution is -2.42. The van der Waals surface area contributed by atoms with Crippen molar-refractivity contribution in [2.45, 2.75) is 38.3 Å². The number of alkyl carbamates (subject to hydrolysis) is 1. The number of halogens is 1. The molecule has 1 heterocycles. The van der Waals surface area contributed by atoms with Crippen molar-refractivity contribution >= 4 is 17.7 Å². The molecule has 0 saturated carbocycles. The van der Waals surface area contributed by atoms with Crippen LogP contribution in [0.1, 0.15) is 32.3 Å². The fraction of sp³-hybridized carbons (Fsp3) is 0.533. The summed E-state index contributed by atoms with van der Waals surface area (Å²) in [7, 11) is 0. The van der Waals surface area contributed by atoms with E-state index >= 15 is 0 Å². The first-order valence-corrected chi connectivity index (χ1v) is 7.19. The summed E-state index contributed by atoms with van der Waals surface area (Å²) >= 11 is 6.24. The molecule has 1 aromatic rings. The van der Waals surface area contributed by atoms with E-state index < -0.39 is 5.60 Å². The minimum absolute atomic E-state index is 0.00949. The Morgan fingerprint density at radius 2 is 2.05 bits per heavy atom. The molecule has 1 amide bonds. The smallest absolute Gasteiger partial charge is 0.407 e. The van der Waals surface area contributed by atoms with Crippen LogP contribution in [0, 0.1) is 0 Å². The number of carbonyl (C=O) groups excluding carboxylic acids is 1. The highest BCUT2D eigenvalue weighted by Crippen LogP contribution is 2.29. The van der Waals surface area contributed by atoms with E-state index in [9.17, 15) is 4.79 Å². The molecule has 2 N–H and O–H groups in total. The molecule has 0 unspecified atom stereocenters. The van der Waals surface area contributed by atoms with Gasteiger partial charge in [0, 0.05) is 24.0 Å². The van der Waals surface area contributed by atoms with Crippen LogP contribution in [0.3, 0.4) is 0 Å². The minimum atomic E-state index is -0.490. The standard InChI is InChI=1S/C15H21ClN2O2/c1-15(2,3)20-14(19)18-13-9-17-8-11(13)10-6-4-5-7-12(10)16/h4-7,11,13,17H,8-9H2,1-3H3,(H,18,19)/t11-,13-/m0/s1. The van der Waals surface area contributed by atoms with Crippen LogP contribution in [0.2, 0.25) is 5.02 Å². The van der Waals surface area contributed by atoms with Crippen LogP contribution in [0.25, 0.3) is 0 Å². The van der Waals surface area contributed by atoms with Crippen LogP contribution in [0.15, 0.2) is 24.3 Å². The molecular weight excluding hydrogens is 276 g/mol. The van der Waals surface area contributed by atoms with E-state index in [2.05, 4.69) is 10.6 Å². The van der Waals surface area contributed by atoms with Crippen LogP contribution in [0.5, 0.6) is 0 Å². The summed E-state index contributed by atoms with van der Waals surface area (Å²) < 4.78 is 5.30. The van der Waals surface area contributed by atoms with E-state index in [1.165, 1.54) is 0 Å². The minimum Gasteiger partial charge on any atom is -0.444 e. The van der Waals surface area contributed by atoms with E-state index in [0.29, 0.717) is 0 Å². The SMILES string of the molecule is CC(C)(C)OC(=O)N[C@H]1CNC[C@H]1c1ccccc1Cl. The van der Waals surface area contributed by atoms with Gasteiger partial charge in [-0.25, -0.2) is 4.79 Å². The van der Waals surface area contributed by atoms with Crippen molar-refractivity contribution < 1.29 is 9.53 Å². The molecule has 20 heavy (non-hydrogen) atoms. The first kappa shape index (κ1) is 15.1. The van der Waals surface area contributed by atoms with Crippen LogP contribution >= 0.6 is 11.6 Å². The van der Waals surface area contributed by atoms with Crippen LogP contribution < -0.4 is 10.6 Å². The summed E-state index contributed by atoms with van der Waals surface area (Å²) in [6, 6.07) is 7.74. The van der Waals surface area contributed by atoms with Crippen molar-refractivity contribution in [2.24, 2.45) is 0 Å². The maximum absolute atomic E-state index is 11.9. The van der Waals surface area contributed by atoms with Gasteiger partial charge in [-0.05, 0) is 32.4 Å². The van der Waals surface area contributed by atoms with E-state index in [4.69, 9.17) is 16.3 Å². The number of amides is 1. The summed E-state index contributed by atoms with van der Waals surface area (Å²) in [5.74, 6) is 0.163. The average Bonchev–Trinajstić information content (AvgIpc) is 2.75. The summed E-state index contributed by atoms with van der Waals surface area (Å²) in [5, 5.41) is 6.95. The maximum Gasteiger partial charge on any atom is 0.407 e. The highest BCUT2D eigenvalue weighted by molar-refractivity contribution is 6.31. The lowest BCUT2D eigenvalue weighted by Gasteiger charge is -2.24. The predicted molar refractivity (Wildman–Crippen MR) is 80.2 cm³/mol. The summed E-state index contributed by atoms with van der Waals surface area (Å²) in [6.45, 7) is 7.07. The Balaban J connectivity index is 2.05. The van der Waals surface area contributed by atoms with Crippen molar-refractivity contribution in [1.29, 1.82) is 0 Å². The quantitative estimate of drug-likeness (QED) is 0.882. The molecule has 1 aliphatic heterocycles. The number of carbonyl (C=O) groups is 1. The van der Waals surface area contributed by atoms with Crippen LogP contribution in [-0.2, 0) is 4.74 Å². The molecule has 2 rings (SSSR count). The third kappa shape index (κ3) is 3.87. The van der Waals surface area contributed by atoms with E-state index in [-0.39, 0.29) is 18.1 Å². The molecule has 5 heteroatoms. The van der Waals surface area contributed by atoms with Crippen molar-refractivity contribution in [3.8, 4) is 0 Å². The van der Waals surface area contributed by atoms with Crippen molar-refractivity contribution in [3.05, 3.63) is 34.9 Å². The molecule has 110 valence electrons. The third-order valence-electron chi connectivity index (χ3n) is 3.22. The van der Waals surface area contributed by atoms with Crippen molar-refractivity contribution in [3.63, 3.8) is 0 Å². The number of benzene rings is 1. The number of hydrogen-bond donors (Lipinski definition) is 2. The lowest BCUT2D eigenvalue weighted by atomic mass is 9.94. The Hall–Kier alpha value is -1.26. The van der Waals surface area contributed by atoms with Gasteiger partial charge >= 0.3 is 6.09 Å². The zero-order valence-corrected chi connectivity index (χ0v) is 12.8. The molecule has 1 saturated heterocycles. The average molecular weight is 297 g/mol. The second kappa shape index (κ2) is 6.02. The molecule has 1 aromatic carbocycles. The van der Waals surface area contributed by atoms with E-state index in [0.717, 1.165) is 23.7 Å². The molecule has 4 nitrogen and oxygen atoms in total. The largest absolute Gasteiger partial charge is 0.444 e. The van der Waals surface area contributed by atoms with Gasteiger partial charge in [0.15, 0.2) is 0 Å². The van der Waals surface area contributed by atoms with E-state index in [1.54, 1.807) is 0 Å². The Kier molecular flexibility index (Phi) is 4.55. The van der Waals surface area contributed by atoms with Crippen molar-refractivity contribution in [2.75, 3.05) is 13.1 Å². The molecule has 0 radical (unpaired) electrons. The molecule has 0 aliphatic carbocycles. The van der Waals surface area contributed by atoms with Gasteiger partial charge in [-0.2, -0.15) is 0 Å². The molecule has 0 spiro atoms. The fourth-order valence-corrected chi connectivity index (χ4v) is 2.67. The predicted octanol–water partition coefficient (Wildman–Crippen LogP) is 2.92. The fourth-order valence-electron chi connectivity index (χ4n) is 2.39. The topological polar surface area (TPSA) is 50.4 Å². The molecule has 0 bridgehead atoms. The normalized spacial score (nSPS) is 22.6. The first-order valence-electron chi connectivity index (χ1n) is 6.81. The Labute approximate surface area is 124 Å². The number of rotatable bonds is 2. The van der Waals surface area contributed by atoms with Gasteiger partial charge in [-0.15, -0.1) is 0 Å². The van der Waals surface area contributed by atoms with Gasteiger partial charge in [0.2, 0.25) is 0 Å². The van der Waals surface area contributed by atoms with Crippen molar-refractivity contribution in [1.82, 2.24) is 10.6 Å². The number of hydrogen-bond acceptors (Lipinski definition) is 3. The maximum atomic E-state index is 11.9. The Morgan fingerprint density at radius 1 is 1.35 bits per heavy atom. The third-order valence-corrected chi connectivity index (χ3v) is 3.57. The summed E-state index contributed by atoms with van der Waals surface area (Å²) in [4.78, 5) is 11.9. The first-order chi connectivity index (χ1) is 9.37. The highest BCUT2D eigenvalue weighted by Gasteiger charge is 2.32. The van der Waals surface area contributed by atoms with Gasteiger partial charge in [0.25, 0.3) is 0 Å². The second-order valence-corrected chi connectivity index (χ2v) is 6.45. The second-order valence-electron chi connectivity index (χ2n) is 6.04. The zero-order chi connectivity index (χ0) is 14.8. The van der Waals surface area contributed by atoms with Crippen LogP contribution in [-0.4, -0.2) is 30.8 Å². The van der Waals surface area contributed by atoms with Gasteiger partial charge in [0.1, 0.15) is 5.60 Å². The Morgan fingerprint density at radius 3 is 2.70 bits per heavy atom. The highest BCUT2D eigenvalue weighted by atomic mass is 35.5. The van der Waals surface area contributed by atoms with Gasteiger partial charge in [-0.1, -0.05) is 29.8 Å². The number of ether oxygens (including phenoxy) is 1. The monoisotopic (exact) mass is 296 g/mol. The molecule has 2 atom stereocenters. The van der Waals surface area contributed by atoms with Gasteiger partial charge in [-0.3, -0.25) is 0 Å². The molecule has 1 aliphatic rings. The van der Waals surface area contributed by atoms with Gasteiger partial charge in [0.05, 0.1) is 6.04 Å². The molecule has 0 aromatic heterocycles. The lowest BCUT2D eigenvalue weighted by molar-refractivity contribution is 0.0504. The summed E-state index contributed by atoms with van der Waals surface area (Å²) in [6.07, 6.45) is -0.386. The van der Waals surface area contributed by atoms with E-state index in [1.807, 2.05) is 45.0 Å². The molecular formula is C15H21ClN2O2. The zero-order valence-electron chi connectivity index (χ0n) is 12.1. The van der Waals surface area contributed by atoms with Crippen LogP contribution in [0.4, 0.5) is 4.79 Å². The Bertz CT molecular complexity index is 485. The molecule has 1 fully saturated rings. The number of nitrogens with one attached hydrogen (secondary N) is 2.